The Hall–Kier alpha value is -0.940. The van der Waals surface area contributed by atoms with Gasteiger partial charge in [-0.2, -0.15) is 0 Å². The third-order valence-corrected chi connectivity index (χ3v) is 4.13. The van der Waals surface area contributed by atoms with Gasteiger partial charge < -0.3 is 5.11 Å². The first-order valence-electron chi connectivity index (χ1n) is 6.13. The summed E-state index contributed by atoms with van der Waals surface area (Å²) in [6.07, 6.45) is 0.599. The Kier molecular flexibility index (Phi) is 4.87. The summed E-state index contributed by atoms with van der Waals surface area (Å²) in [5, 5.41) is 12.2. The largest absolute Gasteiger partial charge is 0.480 e. The lowest BCUT2D eigenvalue weighted by molar-refractivity contribution is -0.143. The van der Waals surface area contributed by atoms with Crippen LogP contribution in [0.4, 0.5) is 0 Å². The summed E-state index contributed by atoms with van der Waals surface area (Å²) in [5.74, 6) is -0.772. The van der Waals surface area contributed by atoms with E-state index in [1.165, 1.54) is 0 Å². The second-order valence-corrected chi connectivity index (χ2v) is 6.43. The van der Waals surface area contributed by atoms with Crippen LogP contribution in [0.15, 0.2) is 5.38 Å². The van der Waals surface area contributed by atoms with Gasteiger partial charge in [0, 0.05) is 17.3 Å². The quantitative estimate of drug-likeness (QED) is 0.894. The van der Waals surface area contributed by atoms with Crippen molar-refractivity contribution in [3.63, 3.8) is 0 Å². The van der Waals surface area contributed by atoms with Gasteiger partial charge in [-0.15, -0.1) is 11.3 Å². The van der Waals surface area contributed by atoms with Gasteiger partial charge in [0.2, 0.25) is 0 Å². The summed E-state index contributed by atoms with van der Waals surface area (Å²) in [4.78, 5) is 17.5. The fraction of sp³-hybridized carbons (Fsp3) is 0.692. The number of aliphatic carboxylic acids is 1. The highest BCUT2D eigenvalue weighted by atomic mass is 32.1. The van der Waals surface area contributed by atoms with Gasteiger partial charge in [-0.1, -0.05) is 27.7 Å². The van der Waals surface area contributed by atoms with Gasteiger partial charge in [-0.05, 0) is 13.5 Å². The molecule has 1 N–H and O–H groups in total. The maximum atomic E-state index is 11.1. The minimum Gasteiger partial charge on any atom is -0.480 e. The molecule has 0 saturated carbocycles. The molecule has 1 heterocycles. The molecule has 0 amide bonds. The zero-order valence-electron chi connectivity index (χ0n) is 11.7. The van der Waals surface area contributed by atoms with Crippen LogP contribution < -0.4 is 0 Å². The normalized spacial score (nSPS) is 13.9. The number of hydrogen-bond acceptors (Lipinski definition) is 4. The lowest BCUT2D eigenvalue weighted by Gasteiger charge is -2.22. The van der Waals surface area contributed by atoms with Crippen molar-refractivity contribution in [1.29, 1.82) is 0 Å². The van der Waals surface area contributed by atoms with E-state index >= 15 is 0 Å². The maximum Gasteiger partial charge on any atom is 0.320 e. The van der Waals surface area contributed by atoms with E-state index in [9.17, 15) is 4.79 Å². The van der Waals surface area contributed by atoms with E-state index in [0.717, 1.165) is 10.7 Å². The topological polar surface area (TPSA) is 53.4 Å². The van der Waals surface area contributed by atoms with E-state index in [1.54, 1.807) is 11.3 Å². The van der Waals surface area contributed by atoms with E-state index in [-0.39, 0.29) is 5.41 Å². The van der Waals surface area contributed by atoms with Crippen molar-refractivity contribution in [2.45, 2.75) is 52.1 Å². The standard InChI is InChI=1S/C13H22N2O2S/c1-6-10(11(16)17)15(5)7-9-8-18-12(14-9)13(2,3)4/h8,10H,6-7H2,1-5H3,(H,16,17). The molecule has 0 fully saturated rings. The molecule has 0 aromatic carbocycles. The molecule has 0 saturated heterocycles. The molecule has 0 aliphatic carbocycles. The van der Waals surface area contributed by atoms with Crippen LogP contribution in [0, 0.1) is 0 Å². The van der Waals surface area contributed by atoms with Crippen molar-refractivity contribution in [1.82, 2.24) is 9.88 Å². The van der Waals surface area contributed by atoms with Crippen LogP contribution in [-0.4, -0.2) is 34.0 Å². The molecule has 102 valence electrons. The van der Waals surface area contributed by atoms with E-state index in [4.69, 9.17) is 5.11 Å². The highest BCUT2D eigenvalue weighted by Crippen LogP contribution is 2.26. The van der Waals surface area contributed by atoms with Gasteiger partial charge in [-0.3, -0.25) is 9.69 Å². The summed E-state index contributed by atoms with van der Waals surface area (Å²) < 4.78 is 0. The van der Waals surface area contributed by atoms with Gasteiger partial charge in [-0.25, -0.2) is 4.98 Å². The lowest BCUT2D eigenvalue weighted by atomic mass is 9.98. The Bertz CT molecular complexity index is 409. The maximum absolute atomic E-state index is 11.1. The SMILES string of the molecule is CCC(C(=O)O)N(C)Cc1csc(C(C)(C)C)n1. The number of thiazole rings is 1. The number of carboxylic acids is 1. The minimum atomic E-state index is -0.772. The second kappa shape index (κ2) is 5.80. The number of nitrogens with zero attached hydrogens (tertiary/aromatic N) is 2. The predicted molar refractivity (Wildman–Crippen MR) is 74.0 cm³/mol. The number of rotatable bonds is 5. The van der Waals surface area contributed by atoms with E-state index in [0.29, 0.717) is 13.0 Å². The molecule has 5 heteroatoms. The van der Waals surface area contributed by atoms with Crippen molar-refractivity contribution in [3.05, 3.63) is 16.1 Å². The molecule has 1 unspecified atom stereocenters. The summed E-state index contributed by atoms with van der Waals surface area (Å²) in [5.41, 5.74) is 1.01. The molecular weight excluding hydrogens is 248 g/mol. The zero-order valence-corrected chi connectivity index (χ0v) is 12.5. The molecule has 1 aromatic rings. The number of carboxylic acid groups (broad SMARTS) is 1. The molecule has 1 aromatic heterocycles. The third kappa shape index (κ3) is 3.78. The summed E-state index contributed by atoms with van der Waals surface area (Å²) >= 11 is 1.64. The monoisotopic (exact) mass is 270 g/mol. The number of hydrogen-bond donors (Lipinski definition) is 1. The lowest BCUT2D eigenvalue weighted by Crippen LogP contribution is -2.37. The first-order valence-corrected chi connectivity index (χ1v) is 7.01. The number of likely N-dealkylation sites (N-methyl/N-ethyl adjacent to an activating group) is 1. The van der Waals surface area contributed by atoms with Crippen molar-refractivity contribution in [2.24, 2.45) is 0 Å². The van der Waals surface area contributed by atoms with Gasteiger partial charge in [0.15, 0.2) is 0 Å². The average Bonchev–Trinajstić information content (AvgIpc) is 2.65. The zero-order chi connectivity index (χ0) is 13.9. The molecule has 0 aliphatic rings. The molecule has 4 nitrogen and oxygen atoms in total. The van der Waals surface area contributed by atoms with Gasteiger partial charge in [0.05, 0.1) is 10.7 Å². The van der Waals surface area contributed by atoms with Crippen LogP contribution in [0.5, 0.6) is 0 Å². The van der Waals surface area contributed by atoms with Crippen molar-refractivity contribution in [2.75, 3.05) is 7.05 Å². The van der Waals surface area contributed by atoms with Crippen LogP contribution in [0.2, 0.25) is 0 Å². The fourth-order valence-electron chi connectivity index (χ4n) is 1.76. The highest BCUT2D eigenvalue weighted by molar-refractivity contribution is 7.09. The third-order valence-electron chi connectivity index (χ3n) is 2.81. The van der Waals surface area contributed by atoms with Crippen LogP contribution in [0.1, 0.15) is 44.8 Å². The van der Waals surface area contributed by atoms with Crippen LogP contribution >= 0.6 is 11.3 Å². The van der Waals surface area contributed by atoms with E-state index in [2.05, 4.69) is 25.8 Å². The van der Waals surface area contributed by atoms with Crippen LogP contribution in [0.25, 0.3) is 0 Å². The van der Waals surface area contributed by atoms with Crippen LogP contribution in [0.3, 0.4) is 0 Å². The highest BCUT2D eigenvalue weighted by Gasteiger charge is 2.22. The molecule has 1 rings (SSSR count). The molecule has 18 heavy (non-hydrogen) atoms. The average molecular weight is 270 g/mol. The smallest absolute Gasteiger partial charge is 0.320 e. The van der Waals surface area contributed by atoms with Crippen molar-refractivity contribution in [3.8, 4) is 0 Å². The molecule has 0 radical (unpaired) electrons. The van der Waals surface area contributed by atoms with E-state index < -0.39 is 12.0 Å². The first-order chi connectivity index (χ1) is 8.25. The first kappa shape index (κ1) is 15.1. The number of aromatic nitrogens is 1. The Morgan fingerprint density at radius 1 is 1.56 bits per heavy atom. The molecule has 0 bridgehead atoms. The summed E-state index contributed by atoms with van der Waals surface area (Å²) in [6.45, 7) is 8.86. The second-order valence-electron chi connectivity index (χ2n) is 5.57. The molecule has 0 spiro atoms. The van der Waals surface area contributed by atoms with Crippen molar-refractivity contribution < 1.29 is 9.90 Å². The van der Waals surface area contributed by atoms with Gasteiger partial charge in [0.25, 0.3) is 0 Å². The number of carbonyl (C=O) groups is 1. The summed E-state index contributed by atoms with van der Waals surface area (Å²) in [7, 11) is 1.83. The fourth-order valence-corrected chi connectivity index (χ4v) is 2.66. The Labute approximate surface area is 113 Å². The van der Waals surface area contributed by atoms with Gasteiger partial charge in [0.1, 0.15) is 6.04 Å². The van der Waals surface area contributed by atoms with Gasteiger partial charge >= 0.3 is 5.97 Å². The Morgan fingerprint density at radius 3 is 2.56 bits per heavy atom. The van der Waals surface area contributed by atoms with Crippen LogP contribution in [-0.2, 0) is 16.8 Å². The van der Waals surface area contributed by atoms with E-state index in [1.807, 2.05) is 24.3 Å². The molecular formula is C13H22N2O2S. The molecule has 0 aliphatic heterocycles. The van der Waals surface area contributed by atoms with Crippen molar-refractivity contribution >= 4 is 17.3 Å². The summed E-state index contributed by atoms with van der Waals surface area (Å²) in [6, 6.07) is -0.440. The Balaban J connectivity index is 2.73. The minimum absolute atomic E-state index is 0.0540. The Morgan fingerprint density at radius 2 is 2.17 bits per heavy atom. The molecule has 1 atom stereocenters. The predicted octanol–water partition coefficient (Wildman–Crippen LogP) is 2.74.